The van der Waals surface area contributed by atoms with Crippen molar-refractivity contribution < 1.29 is 13.2 Å². The summed E-state index contributed by atoms with van der Waals surface area (Å²) < 4.78 is 31.2. The normalized spacial score (nSPS) is 35.8. The third-order valence-corrected chi connectivity index (χ3v) is 6.27. The first-order chi connectivity index (χ1) is 9.85. The summed E-state index contributed by atoms with van der Waals surface area (Å²) in [7, 11) is -3.08. The molecule has 1 saturated heterocycles. The van der Waals surface area contributed by atoms with Gasteiger partial charge in [0, 0.05) is 19.6 Å². The Balaban J connectivity index is 1.89. The molecule has 5 nitrogen and oxygen atoms in total. The first kappa shape index (κ1) is 17.2. The van der Waals surface area contributed by atoms with Crippen LogP contribution in [0.25, 0.3) is 0 Å². The van der Waals surface area contributed by atoms with Gasteiger partial charge in [-0.25, -0.2) is 12.7 Å². The van der Waals surface area contributed by atoms with Gasteiger partial charge in [-0.05, 0) is 37.5 Å². The van der Waals surface area contributed by atoms with E-state index < -0.39 is 10.0 Å². The van der Waals surface area contributed by atoms with Crippen LogP contribution in [0.3, 0.4) is 0 Å². The molecule has 3 unspecified atom stereocenters. The van der Waals surface area contributed by atoms with E-state index in [-0.39, 0.29) is 5.60 Å². The molecule has 0 amide bonds. The third kappa shape index (κ3) is 4.65. The van der Waals surface area contributed by atoms with E-state index in [9.17, 15) is 8.42 Å². The number of hydrogen-bond donors (Lipinski definition) is 1. The maximum absolute atomic E-state index is 11.7. The van der Waals surface area contributed by atoms with Gasteiger partial charge >= 0.3 is 0 Å². The zero-order valence-electron chi connectivity index (χ0n) is 13.4. The van der Waals surface area contributed by atoms with E-state index in [1.54, 1.807) is 4.31 Å². The van der Waals surface area contributed by atoms with Crippen LogP contribution in [0.1, 0.15) is 45.4 Å². The van der Waals surface area contributed by atoms with Crippen molar-refractivity contribution in [2.75, 3.05) is 32.5 Å². The van der Waals surface area contributed by atoms with Gasteiger partial charge in [-0.1, -0.05) is 19.8 Å². The van der Waals surface area contributed by atoms with Gasteiger partial charge < -0.3 is 10.5 Å². The van der Waals surface area contributed by atoms with Gasteiger partial charge in [0.05, 0.1) is 18.5 Å². The number of rotatable bonds is 5. The molecule has 21 heavy (non-hydrogen) atoms. The van der Waals surface area contributed by atoms with E-state index in [1.165, 1.54) is 19.1 Å². The van der Waals surface area contributed by atoms with Crippen LogP contribution in [0.2, 0.25) is 0 Å². The lowest BCUT2D eigenvalue weighted by Crippen LogP contribution is -2.47. The predicted molar refractivity (Wildman–Crippen MR) is 84.5 cm³/mol. The SMILES string of the molecule is CC1CCCC(CN)(OCC2CCCN(S(C)(=O)=O)C2)C1. The lowest BCUT2D eigenvalue weighted by atomic mass is 9.78. The van der Waals surface area contributed by atoms with E-state index in [2.05, 4.69) is 6.92 Å². The molecule has 1 saturated carbocycles. The Morgan fingerprint density at radius 3 is 2.71 bits per heavy atom. The van der Waals surface area contributed by atoms with Gasteiger partial charge in [0.15, 0.2) is 0 Å². The quantitative estimate of drug-likeness (QED) is 0.835. The second-order valence-electron chi connectivity index (χ2n) is 7.03. The summed E-state index contributed by atoms with van der Waals surface area (Å²) in [4.78, 5) is 0. The molecular formula is C15H30N2O3S. The van der Waals surface area contributed by atoms with Crippen molar-refractivity contribution in [3.8, 4) is 0 Å². The Labute approximate surface area is 129 Å². The molecule has 1 aliphatic carbocycles. The molecule has 3 atom stereocenters. The Bertz CT molecular complexity index is 440. The minimum atomic E-state index is -3.08. The summed E-state index contributed by atoms with van der Waals surface area (Å²) >= 11 is 0. The van der Waals surface area contributed by atoms with Crippen molar-refractivity contribution in [2.45, 2.75) is 51.0 Å². The highest BCUT2D eigenvalue weighted by Crippen LogP contribution is 2.35. The molecule has 0 aromatic heterocycles. The first-order valence-electron chi connectivity index (χ1n) is 8.14. The lowest BCUT2D eigenvalue weighted by molar-refractivity contribution is -0.0906. The molecule has 2 rings (SSSR count). The number of hydrogen-bond acceptors (Lipinski definition) is 4. The first-order valence-corrected chi connectivity index (χ1v) is 9.99. The van der Waals surface area contributed by atoms with E-state index >= 15 is 0 Å². The van der Waals surface area contributed by atoms with Crippen LogP contribution >= 0.6 is 0 Å². The summed E-state index contributed by atoms with van der Waals surface area (Å²) in [6.45, 7) is 4.71. The largest absolute Gasteiger partial charge is 0.373 e. The van der Waals surface area contributed by atoms with Crippen molar-refractivity contribution in [1.29, 1.82) is 0 Å². The lowest BCUT2D eigenvalue weighted by Gasteiger charge is -2.41. The average Bonchev–Trinajstić information content (AvgIpc) is 2.45. The van der Waals surface area contributed by atoms with Gasteiger partial charge in [-0.15, -0.1) is 0 Å². The maximum atomic E-state index is 11.7. The van der Waals surface area contributed by atoms with Crippen LogP contribution in [0.5, 0.6) is 0 Å². The third-order valence-electron chi connectivity index (χ3n) is 5.00. The van der Waals surface area contributed by atoms with Crippen molar-refractivity contribution in [2.24, 2.45) is 17.6 Å². The number of ether oxygens (including phenoxy) is 1. The molecule has 0 spiro atoms. The highest BCUT2D eigenvalue weighted by atomic mass is 32.2. The smallest absolute Gasteiger partial charge is 0.211 e. The Morgan fingerprint density at radius 1 is 1.33 bits per heavy atom. The molecule has 124 valence electrons. The van der Waals surface area contributed by atoms with Crippen LogP contribution < -0.4 is 5.73 Å². The second-order valence-corrected chi connectivity index (χ2v) is 9.01. The maximum Gasteiger partial charge on any atom is 0.211 e. The highest BCUT2D eigenvalue weighted by molar-refractivity contribution is 7.88. The van der Waals surface area contributed by atoms with Crippen LogP contribution in [0.4, 0.5) is 0 Å². The highest BCUT2D eigenvalue weighted by Gasteiger charge is 2.36. The van der Waals surface area contributed by atoms with Crippen molar-refractivity contribution >= 4 is 10.0 Å². The van der Waals surface area contributed by atoms with Crippen LogP contribution in [-0.4, -0.2) is 50.8 Å². The molecule has 1 aliphatic heterocycles. The van der Waals surface area contributed by atoms with Crippen molar-refractivity contribution in [3.05, 3.63) is 0 Å². The molecule has 1 heterocycles. The molecule has 2 fully saturated rings. The van der Waals surface area contributed by atoms with Gasteiger partial charge in [0.1, 0.15) is 0 Å². The zero-order valence-corrected chi connectivity index (χ0v) is 14.2. The molecule has 2 aliphatic rings. The summed E-state index contributed by atoms with van der Waals surface area (Å²) in [5, 5.41) is 0. The number of nitrogens with zero attached hydrogens (tertiary/aromatic N) is 1. The average molecular weight is 318 g/mol. The van der Waals surface area contributed by atoms with Crippen LogP contribution in [0, 0.1) is 11.8 Å². The second kappa shape index (κ2) is 6.94. The fourth-order valence-electron chi connectivity index (χ4n) is 3.75. The van der Waals surface area contributed by atoms with Gasteiger partial charge in [0.2, 0.25) is 10.0 Å². The van der Waals surface area contributed by atoms with Gasteiger partial charge in [-0.3, -0.25) is 0 Å². The fraction of sp³-hybridized carbons (Fsp3) is 1.00. The summed E-state index contributed by atoms with van der Waals surface area (Å²) in [6.07, 6.45) is 7.77. The van der Waals surface area contributed by atoms with E-state index in [1.807, 2.05) is 0 Å². The molecule has 0 aromatic rings. The number of nitrogens with two attached hydrogens (primary N) is 1. The topological polar surface area (TPSA) is 72.6 Å². The molecule has 0 radical (unpaired) electrons. The van der Waals surface area contributed by atoms with E-state index in [0.29, 0.717) is 38.1 Å². The van der Waals surface area contributed by atoms with Crippen molar-refractivity contribution in [1.82, 2.24) is 4.31 Å². The van der Waals surface area contributed by atoms with Crippen LogP contribution in [-0.2, 0) is 14.8 Å². The van der Waals surface area contributed by atoms with Gasteiger partial charge in [-0.2, -0.15) is 0 Å². The minimum Gasteiger partial charge on any atom is -0.373 e. The molecule has 6 heteroatoms. The monoisotopic (exact) mass is 318 g/mol. The summed E-state index contributed by atoms with van der Waals surface area (Å²) in [5.74, 6) is 0.968. The molecule has 0 bridgehead atoms. The number of piperidine rings is 1. The standard InChI is InChI=1S/C15H30N2O3S/c1-13-5-3-7-15(9-13,12-16)20-11-14-6-4-8-17(10-14)21(2,18)19/h13-14H,3-12,16H2,1-2H3. The van der Waals surface area contributed by atoms with Gasteiger partial charge in [0.25, 0.3) is 0 Å². The summed E-state index contributed by atoms with van der Waals surface area (Å²) in [6, 6.07) is 0. The molecule has 2 N–H and O–H groups in total. The van der Waals surface area contributed by atoms with Crippen molar-refractivity contribution in [3.63, 3.8) is 0 Å². The summed E-state index contributed by atoms with van der Waals surface area (Å²) in [5.41, 5.74) is 5.81. The Hall–Kier alpha value is -0.170. The predicted octanol–water partition coefficient (Wildman–Crippen LogP) is 1.58. The zero-order chi connectivity index (χ0) is 15.5. The van der Waals surface area contributed by atoms with E-state index in [4.69, 9.17) is 10.5 Å². The number of sulfonamides is 1. The Kier molecular flexibility index (Phi) is 5.68. The fourth-order valence-corrected chi connectivity index (χ4v) is 4.69. The minimum absolute atomic E-state index is 0.176. The molecule has 0 aromatic carbocycles. The van der Waals surface area contributed by atoms with E-state index in [0.717, 1.165) is 25.7 Å². The Morgan fingerprint density at radius 2 is 2.10 bits per heavy atom. The molecular weight excluding hydrogens is 288 g/mol. The van der Waals surface area contributed by atoms with Crippen LogP contribution in [0.15, 0.2) is 0 Å².